The van der Waals surface area contributed by atoms with Crippen LogP contribution in [0, 0.1) is 18.7 Å². The minimum Gasteiger partial charge on any atom is -0.469 e. The topological polar surface area (TPSA) is 115 Å². The first-order valence-corrected chi connectivity index (χ1v) is 14.3. The van der Waals surface area contributed by atoms with E-state index in [1.54, 1.807) is 37.5 Å². The molecule has 2 aromatic carbocycles. The number of anilines is 1. The molecular formula is C32H31ClFN5O4. The van der Waals surface area contributed by atoms with Gasteiger partial charge in [0.1, 0.15) is 5.69 Å². The van der Waals surface area contributed by atoms with E-state index >= 15 is 0 Å². The normalized spacial score (nSPS) is 16.7. The van der Waals surface area contributed by atoms with E-state index in [0.717, 1.165) is 16.7 Å². The van der Waals surface area contributed by atoms with Crippen molar-refractivity contribution in [3.05, 3.63) is 94.3 Å². The number of hydrogen-bond acceptors (Lipinski definition) is 6. The molecule has 0 saturated heterocycles. The fraction of sp³-hybridized carbons (Fsp3) is 0.281. The number of amides is 2. The van der Waals surface area contributed by atoms with Crippen LogP contribution in [-0.4, -0.2) is 39.7 Å². The Hall–Kier alpha value is -4.57. The smallest absolute Gasteiger partial charge is 0.309 e. The maximum atomic E-state index is 14.7. The predicted octanol–water partition coefficient (Wildman–Crippen LogP) is 5.98. The molecule has 3 heterocycles. The maximum absolute atomic E-state index is 14.7. The quantitative estimate of drug-likeness (QED) is 0.271. The third-order valence-corrected chi connectivity index (χ3v) is 7.98. The Morgan fingerprint density at radius 3 is 2.77 bits per heavy atom. The number of hydrogen-bond donors (Lipinski definition) is 2. The molecule has 43 heavy (non-hydrogen) atoms. The van der Waals surface area contributed by atoms with Gasteiger partial charge >= 0.3 is 5.97 Å². The molecule has 2 atom stereocenters. The SMILES string of the molecule is COC(=O)Cc1ccc2c(c1)NC(=O)[C@H](C)CCC[C@H](NC(=O)c1cnn(-c3cccc(Cl)c3F)c1C)c1cncc-2c1. The summed E-state index contributed by atoms with van der Waals surface area (Å²) in [5.41, 5.74) is 4.43. The molecule has 2 amide bonds. The summed E-state index contributed by atoms with van der Waals surface area (Å²) < 4.78 is 20.9. The summed E-state index contributed by atoms with van der Waals surface area (Å²) in [5.74, 6) is -1.81. The van der Waals surface area contributed by atoms with Crippen LogP contribution >= 0.6 is 11.6 Å². The number of rotatable bonds is 5. The van der Waals surface area contributed by atoms with E-state index in [1.807, 2.05) is 25.1 Å². The maximum Gasteiger partial charge on any atom is 0.309 e. The first-order chi connectivity index (χ1) is 20.7. The summed E-state index contributed by atoms with van der Waals surface area (Å²) in [7, 11) is 1.33. The van der Waals surface area contributed by atoms with Crippen LogP contribution in [-0.2, 0) is 20.7 Å². The van der Waals surface area contributed by atoms with E-state index in [0.29, 0.717) is 41.8 Å². The lowest BCUT2D eigenvalue weighted by Crippen LogP contribution is -2.29. The lowest BCUT2D eigenvalue weighted by molar-refractivity contribution is -0.139. The van der Waals surface area contributed by atoms with Crippen molar-refractivity contribution in [1.29, 1.82) is 0 Å². The molecule has 11 heteroatoms. The van der Waals surface area contributed by atoms with E-state index < -0.39 is 11.9 Å². The largest absolute Gasteiger partial charge is 0.469 e. The number of esters is 1. The second-order valence-corrected chi connectivity index (χ2v) is 11.0. The minimum atomic E-state index is -0.625. The number of nitrogens with one attached hydrogen (secondary N) is 2. The average molecular weight is 604 g/mol. The third kappa shape index (κ3) is 6.44. The number of halogens is 2. The molecular weight excluding hydrogens is 573 g/mol. The highest BCUT2D eigenvalue weighted by atomic mass is 35.5. The molecule has 1 aliphatic heterocycles. The molecule has 2 N–H and O–H groups in total. The Morgan fingerprint density at radius 1 is 1.16 bits per heavy atom. The highest BCUT2D eigenvalue weighted by Gasteiger charge is 2.24. The van der Waals surface area contributed by atoms with Crippen molar-refractivity contribution < 1.29 is 23.5 Å². The van der Waals surface area contributed by atoms with E-state index in [9.17, 15) is 18.8 Å². The Balaban J connectivity index is 1.48. The predicted molar refractivity (Wildman–Crippen MR) is 161 cm³/mol. The van der Waals surface area contributed by atoms with E-state index in [-0.39, 0.29) is 40.8 Å². The first-order valence-electron chi connectivity index (χ1n) is 13.9. The Labute approximate surface area is 253 Å². The van der Waals surface area contributed by atoms with Gasteiger partial charge in [-0.05, 0) is 55.2 Å². The first kappa shape index (κ1) is 29.9. The average Bonchev–Trinajstić information content (AvgIpc) is 3.38. The highest BCUT2D eigenvalue weighted by Crippen LogP contribution is 2.33. The van der Waals surface area contributed by atoms with Crippen LogP contribution in [0.4, 0.5) is 10.1 Å². The van der Waals surface area contributed by atoms with Gasteiger partial charge in [-0.15, -0.1) is 0 Å². The molecule has 0 fully saturated rings. The van der Waals surface area contributed by atoms with E-state index in [1.165, 1.54) is 24.1 Å². The monoisotopic (exact) mass is 603 g/mol. The molecule has 0 spiro atoms. The number of methoxy groups -OCH3 is 1. The number of carbonyl (C=O) groups is 3. The van der Waals surface area contributed by atoms with Gasteiger partial charge in [0.15, 0.2) is 5.82 Å². The van der Waals surface area contributed by atoms with Crippen molar-refractivity contribution in [3.63, 3.8) is 0 Å². The second-order valence-electron chi connectivity index (χ2n) is 10.6. The molecule has 0 unspecified atom stereocenters. The van der Waals surface area contributed by atoms with Gasteiger partial charge < -0.3 is 15.4 Å². The molecule has 2 aromatic heterocycles. The summed E-state index contributed by atoms with van der Waals surface area (Å²) >= 11 is 5.96. The standard InChI is InChI=1S/C32H31ClFN5O4/c1-18-6-4-8-26(37-32(42)24-17-36-39(19(24)2)28-9-5-7-25(33)30(28)34)22-14-21(15-35-16-22)23-11-10-20(13-29(40)43-3)12-27(23)38-31(18)41/h5,7,9-12,14-18,26H,4,6,8,13H2,1-3H3,(H,37,42)(H,38,41)/t18-,26+/m1/s1. The van der Waals surface area contributed by atoms with Crippen molar-refractivity contribution in [3.8, 4) is 16.8 Å². The van der Waals surface area contributed by atoms with E-state index in [2.05, 4.69) is 20.7 Å². The second kappa shape index (κ2) is 12.7. The molecule has 2 bridgehead atoms. The lowest BCUT2D eigenvalue weighted by atomic mass is 9.93. The van der Waals surface area contributed by atoms with Crippen molar-refractivity contribution >= 4 is 35.1 Å². The number of ether oxygens (including phenoxy) is 1. The van der Waals surface area contributed by atoms with Crippen molar-refractivity contribution in [1.82, 2.24) is 20.1 Å². The lowest BCUT2D eigenvalue weighted by Gasteiger charge is -2.23. The van der Waals surface area contributed by atoms with Gasteiger partial charge in [-0.25, -0.2) is 9.07 Å². The van der Waals surface area contributed by atoms with Crippen LogP contribution in [0.15, 0.2) is 61.1 Å². The molecule has 222 valence electrons. The molecule has 0 radical (unpaired) electrons. The zero-order valence-electron chi connectivity index (χ0n) is 24.0. The van der Waals surface area contributed by atoms with Gasteiger partial charge in [-0.3, -0.25) is 19.4 Å². The summed E-state index contributed by atoms with van der Waals surface area (Å²) in [4.78, 5) is 43.0. The highest BCUT2D eigenvalue weighted by molar-refractivity contribution is 6.30. The minimum absolute atomic E-state index is 0.0387. The molecule has 4 aromatic rings. The number of fused-ring (bicyclic) bond motifs is 4. The summed E-state index contributed by atoms with van der Waals surface area (Å²) in [5, 5.41) is 10.4. The number of benzene rings is 2. The number of carbonyl (C=O) groups excluding carboxylic acids is 3. The van der Waals surface area contributed by atoms with Crippen molar-refractivity contribution in [2.45, 2.75) is 45.6 Å². The van der Waals surface area contributed by atoms with E-state index in [4.69, 9.17) is 16.3 Å². The Bertz CT molecular complexity index is 1710. The fourth-order valence-corrected chi connectivity index (χ4v) is 5.37. The van der Waals surface area contributed by atoms with Crippen LogP contribution in [0.1, 0.15) is 59.4 Å². The summed E-state index contributed by atoms with van der Waals surface area (Å²) in [6.07, 6.45) is 6.70. The molecule has 9 nitrogen and oxygen atoms in total. The zero-order chi connectivity index (χ0) is 30.7. The molecule has 5 rings (SSSR count). The van der Waals surface area contributed by atoms with Crippen LogP contribution in [0.5, 0.6) is 0 Å². The van der Waals surface area contributed by atoms with Gasteiger partial charge in [-0.1, -0.05) is 43.1 Å². The molecule has 0 saturated carbocycles. The molecule has 0 aliphatic carbocycles. The van der Waals surface area contributed by atoms with Gasteiger partial charge in [0.25, 0.3) is 5.91 Å². The Kier molecular flexibility index (Phi) is 8.86. The number of nitrogens with zero attached hydrogens (tertiary/aromatic N) is 3. The summed E-state index contributed by atoms with van der Waals surface area (Å²) in [6, 6.07) is 11.6. The fourth-order valence-electron chi connectivity index (χ4n) is 5.20. The van der Waals surface area contributed by atoms with Crippen LogP contribution in [0.2, 0.25) is 5.02 Å². The van der Waals surface area contributed by atoms with Gasteiger partial charge in [0.05, 0.1) is 42.0 Å². The van der Waals surface area contributed by atoms with Gasteiger partial charge in [-0.2, -0.15) is 5.10 Å². The van der Waals surface area contributed by atoms with Crippen molar-refractivity contribution in [2.75, 3.05) is 12.4 Å². The van der Waals surface area contributed by atoms with Crippen LogP contribution in [0.25, 0.3) is 16.8 Å². The Morgan fingerprint density at radius 2 is 1.98 bits per heavy atom. The zero-order valence-corrected chi connectivity index (χ0v) is 24.7. The van der Waals surface area contributed by atoms with Crippen LogP contribution < -0.4 is 10.6 Å². The van der Waals surface area contributed by atoms with Crippen LogP contribution in [0.3, 0.4) is 0 Å². The van der Waals surface area contributed by atoms with Crippen molar-refractivity contribution in [2.24, 2.45) is 5.92 Å². The number of aromatic nitrogens is 3. The van der Waals surface area contributed by atoms with Gasteiger partial charge in [0.2, 0.25) is 5.91 Å². The van der Waals surface area contributed by atoms with Gasteiger partial charge in [0, 0.05) is 35.1 Å². The summed E-state index contributed by atoms with van der Waals surface area (Å²) in [6.45, 7) is 3.55. The third-order valence-electron chi connectivity index (χ3n) is 7.69. The molecule has 1 aliphatic rings. The number of pyridine rings is 1.